The Hall–Kier alpha value is -3.36. The highest BCUT2D eigenvalue weighted by Crippen LogP contribution is 2.34. The monoisotopic (exact) mass is 472 g/mol. The van der Waals surface area contributed by atoms with Crippen LogP contribution in [0.3, 0.4) is 0 Å². The minimum atomic E-state index is -0.828. The Labute approximate surface area is 197 Å². The van der Waals surface area contributed by atoms with Gasteiger partial charge in [-0.25, -0.2) is 4.79 Å². The largest absolute Gasteiger partial charge is 0.483 e. The summed E-state index contributed by atoms with van der Waals surface area (Å²) < 4.78 is 11.4. The van der Waals surface area contributed by atoms with Gasteiger partial charge in [-0.15, -0.1) is 0 Å². The van der Waals surface area contributed by atoms with Gasteiger partial charge in [0.05, 0.1) is 5.39 Å². The Balaban J connectivity index is 1.56. The van der Waals surface area contributed by atoms with Crippen LogP contribution in [-0.2, 0) is 27.2 Å². The summed E-state index contributed by atoms with van der Waals surface area (Å²) in [4.78, 5) is 47.5. The summed E-state index contributed by atoms with van der Waals surface area (Å²) in [6.45, 7) is 3.59. The van der Waals surface area contributed by atoms with Crippen molar-refractivity contribution in [2.75, 3.05) is 13.2 Å². The summed E-state index contributed by atoms with van der Waals surface area (Å²) in [6, 6.07) is 2.88. The van der Waals surface area contributed by atoms with Gasteiger partial charge in [0.25, 0.3) is 5.91 Å². The van der Waals surface area contributed by atoms with Gasteiger partial charge >= 0.3 is 11.6 Å². The van der Waals surface area contributed by atoms with E-state index < -0.39 is 17.9 Å². The van der Waals surface area contributed by atoms with E-state index >= 15 is 0 Å². The summed E-state index contributed by atoms with van der Waals surface area (Å²) in [5.74, 6) is -1.09. The van der Waals surface area contributed by atoms with Crippen molar-refractivity contribution >= 4 is 28.8 Å². The van der Waals surface area contributed by atoms with E-state index in [2.05, 4.69) is 10.6 Å². The lowest BCUT2D eigenvalue weighted by molar-refractivity contribution is -0.137. The highest BCUT2D eigenvalue weighted by molar-refractivity contribution is 5.90. The van der Waals surface area contributed by atoms with Crippen molar-refractivity contribution in [1.82, 2.24) is 10.6 Å². The second-order valence-corrected chi connectivity index (χ2v) is 8.76. The molecule has 1 atom stereocenters. The Kier molecular flexibility index (Phi) is 8.67. The van der Waals surface area contributed by atoms with Gasteiger partial charge < -0.3 is 24.9 Å². The lowest BCUT2D eigenvalue weighted by atomic mass is 9.90. The van der Waals surface area contributed by atoms with Gasteiger partial charge in [-0.05, 0) is 75.6 Å². The Bertz CT molecular complexity index is 1120. The Morgan fingerprint density at radius 1 is 1.12 bits per heavy atom. The van der Waals surface area contributed by atoms with Crippen molar-refractivity contribution in [2.45, 2.75) is 71.3 Å². The fourth-order valence-corrected chi connectivity index (χ4v) is 4.22. The molecule has 0 aliphatic heterocycles. The van der Waals surface area contributed by atoms with E-state index in [1.165, 1.54) is 0 Å². The molecule has 9 nitrogen and oxygen atoms in total. The molecule has 2 amide bonds. The van der Waals surface area contributed by atoms with Crippen molar-refractivity contribution in [3.63, 3.8) is 0 Å². The molecular weight excluding hydrogens is 440 g/mol. The van der Waals surface area contributed by atoms with E-state index in [4.69, 9.17) is 14.3 Å². The summed E-state index contributed by atoms with van der Waals surface area (Å²) in [7, 11) is 0. The summed E-state index contributed by atoms with van der Waals surface area (Å²) >= 11 is 0. The zero-order valence-corrected chi connectivity index (χ0v) is 19.7. The number of unbranched alkanes of at least 4 members (excludes halogenated alkanes) is 2. The third-order valence-electron chi connectivity index (χ3n) is 5.93. The second kappa shape index (κ2) is 11.7. The third kappa shape index (κ3) is 6.59. The molecule has 0 saturated carbocycles. The SMILES string of the molecule is Cc1cc(OCC(=O)N[C@@H](C)C(=O)NCCCCCC(=O)O)c2c3c(c(=O)oc2c1)CCCC3. The number of rotatable bonds is 11. The molecule has 2 aromatic rings. The van der Waals surface area contributed by atoms with E-state index in [9.17, 15) is 19.2 Å². The van der Waals surface area contributed by atoms with Gasteiger partial charge in [-0.1, -0.05) is 6.42 Å². The summed E-state index contributed by atoms with van der Waals surface area (Å²) in [5, 5.41) is 14.7. The Morgan fingerprint density at radius 3 is 2.59 bits per heavy atom. The van der Waals surface area contributed by atoms with Gasteiger partial charge in [0.15, 0.2) is 6.61 Å². The maximum absolute atomic E-state index is 12.4. The minimum Gasteiger partial charge on any atom is -0.483 e. The first-order valence-electron chi connectivity index (χ1n) is 11.8. The number of aliphatic carboxylic acids is 1. The molecule has 9 heteroatoms. The molecular formula is C25H32N2O7. The Morgan fingerprint density at radius 2 is 1.85 bits per heavy atom. The fraction of sp³-hybridized carbons (Fsp3) is 0.520. The molecule has 1 aliphatic carbocycles. The maximum Gasteiger partial charge on any atom is 0.339 e. The van der Waals surface area contributed by atoms with Crippen LogP contribution in [0.1, 0.15) is 62.1 Å². The molecule has 0 spiro atoms. The van der Waals surface area contributed by atoms with Crippen molar-refractivity contribution in [3.05, 3.63) is 39.2 Å². The topological polar surface area (TPSA) is 135 Å². The lowest BCUT2D eigenvalue weighted by Crippen LogP contribution is -2.46. The highest BCUT2D eigenvalue weighted by Gasteiger charge is 2.22. The normalized spacial score (nSPS) is 13.7. The predicted molar refractivity (Wildman–Crippen MR) is 126 cm³/mol. The number of fused-ring (bicyclic) bond motifs is 3. The number of aryl methyl sites for hydroxylation is 2. The molecule has 0 fully saturated rings. The molecule has 1 heterocycles. The number of carboxylic acid groups (broad SMARTS) is 1. The molecule has 3 N–H and O–H groups in total. The van der Waals surface area contributed by atoms with Crippen molar-refractivity contribution in [1.29, 1.82) is 0 Å². The van der Waals surface area contributed by atoms with E-state index in [0.29, 0.717) is 49.1 Å². The molecule has 1 aliphatic rings. The molecule has 0 bridgehead atoms. The number of carbonyl (C=O) groups excluding carboxylic acids is 2. The first kappa shape index (κ1) is 25.3. The van der Waals surface area contributed by atoms with Crippen LogP contribution in [0.2, 0.25) is 0 Å². The van der Waals surface area contributed by atoms with Gasteiger partial charge in [0.1, 0.15) is 17.4 Å². The quantitative estimate of drug-likeness (QED) is 0.338. The van der Waals surface area contributed by atoms with Crippen LogP contribution in [0.25, 0.3) is 11.0 Å². The van der Waals surface area contributed by atoms with E-state index in [1.54, 1.807) is 13.0 Å². The molecule has 1 aromatic carbocycles. The number of benzene rings is 1. The number of nitrogens with one attached hydrogen (secondary N) is 2. The zero-order valence-electron chi connectivity index (χ0n) is 19.7. The number of carbonyl (C=O) groups is 3. The van der Waals surface area contributed by atoms with Gasteiger partial charge in [0.2, 0.25) is 5.91 Å². The van der Waals surface area contributed by atoms with Crippen molar-refractivity contribution in [2.24, 2.45) is 0 Å². The molecule has 3 rings (SSSR count). The molecule has 0 radical (unpaired) electrons. The molecule has 0 unspecified atom stereocenters. The first-order valence-corrected chi connectivity index (χ1v) is 11.8. The van der Waals surface area contributed by atoms with Crippen LogP contribution in [-0.4, -0.2) is 42.1 Å². The number of ether oxygens (including phenoxy) is 1. The number of amides is 2. The average molecular weight is 473 g/mol. The number of carboxylic acids is 1. The second-order valence-electron chi connectivity index (χ2n) is 8.76. The van der Waals surface area contributed by atoms with Crippen LogP contribution in [0.15, 0.2) is 21.3 Å². The molecule has 1 aromatic heterocycles. The van der Waals surface area contributed by atoms with Crippen LogP contribution in [0, 0.1) is 6.92 Å². The van der Waals surface area contributed by atoms with Crippen molar-refractivity contribution < 1.29 is 28.6 Å². The zero-order chi connectivity index (χ0) is 24.7. The van der Waals surface area contributed by atoms with Gasteiger partial charge in [0, 0.05) is 18.5 Å². The predicted octanol–water partition coefficient (Wildman–Crippen LogP) is 2.62. The average Bonchev–Trinajstić information content (AvgIpc) is 2.79. The van der Waals surface area contributed by atoms with Gasteiger partial charge in [-0.2, -0.15) is 0 Å². The van der Waals surface area contributed by atoms with Crippen molar-refractivity contribution in [3.8, 4) is 5.75 Å². The smallest absolute Gasteiger partial charge is 0.339 e. The number of hydrogen-bond acceptors (Lipinski definition) is 6. The highest BCUT2D eigenvalue weighted by atomic mass is 16.5. The fourth-order valence-electron chi connectivity index (χ4n) is 4.22. The minimum absolute atomic E-state index is 0.117. The van der Waals surface area contributed by atoms with E-state index in [-0.39, 0.29) is 24.6 Å². The number of hydrogen-bond donors (Lipinski definition) is 3. The first-order chi connectivity index (χ1) is 16.3. The molecule has 0 saturated heterocycles. The van der Waals surface area contributed by atoms with Gasteiger partial charge in [-0.3, -0.25) is 14.4 Å². The van der Waals surface area contributed by atoms with E-state index in [0.717, 1.165) is 35.8 Å². The standard InChI is InChI=1S/C25H32N2O7/c1-15-12-19(23-17-8-5-6-9-18(17)25(32)34-20(23)13-15)33-14-21(28)27-16(2)24(31)26-11-7-3-4-10-22(29)30/h12-13,16H,3-11,14H2,1-2H3,(H,26,31)(H,27,28)(H,29,30)/t16-/m0/s1. The van der Waals surface area contributed by atoms with Crippen LogP contribution < -0.4 is 21.0 Å². The summed E-state index contributed by atoms with van der Waals surface area (Å²) in [6.07, 6.45) is 5.41. The molecule has 184 valence electrons. The van der Waals surface area contributed by atoms with Crippen LogP contribution in [0.4, 0.5) is 0 Å². The van der Waals surface area contributed by atoms with Crippen LogP contribution in [0.5, 0.6) is 5.75 Å². The molecule has 34 heavy (non-hydrogen) atoms. The van der Waals surface area contributed by atoms with Crippen LogP contribution >= 0.6 is 0 Å². The maximum atomic E-state index is 12.4. The summed E-state index contributed by atoms with van der Waals surface area (Å²) in [5.41, 5.74) is 2.61. The van der Waals surface area contributed by atoms with E-state index in [1.807, 2.05) is 13.0 Å². The third-order valence-corrected chi connectivity index (χ3v) is 5.93. The lowest BCUT2D eigenvalue weighted by Gasteiger charge is -2.19.